The molecule has 23 heavy (non-hydrogen) atoms. The summed E-state index contributed by atoms with van der Waals surface area (Å²) in [6.45, 7) is 3.65. The molecule has 1 aliphatic heterocycles. The Bertz CT molecular complexity index is 625. The molecule has 0 aliphatic carbocycles. The highest BCUT2D eigenvalue weighted by Gasteiger charge is 2.30. The first kappa shape index (κ1) is 16.4. The maximum atomic E-state index is 12.4. The van der Waals surface area contributed by atoms with Gasteiger partial charge < -0.3 is 10.2 Å². The van der Waals surface area contributed by atoms with E-state index >= 15 is 0 Å². The van der Waals surface area contributed by atoms with Crippen molar-refractivity contribution >= 4 is 29.1 Å². The van der Waals surface area contributed by atoms with Crippen LogP contribution in [0.5, 0.6) is 0 Å². The lowest BCUT2D eigenvalue weighted by atomic mass is 10.2. The van der Waals surface area contributed by atoms with Crippen LogP contribution in [0.2, 0.25) is 0 Å². The number of nitrogens with zero attached hydrogens (tertiary/aromatic N) is 1. The largest absolute Gasteiger partial charge is 0.337 e. The SMILES string of the molecule is Cc1ccc(SCCNC(=O)N2CCCC2c2cccs2)cc1. The molecule has 0 radical (unpaired) electrons. The molecule has 3 nitrogen and oxygen atoms in total. The second-order valence-electron chi connectivity index (χ2n) is 5.76. The molecule has 0 saturated carbocycles. The van der Waals surface area contributed by atoms with Crippen LogP contribution in [0.3, 0.4) is 0 Å². The molecule has 3 rings (SSSR count). The van der Waals surface area contributed by atoms with Crippen molar-refractivity contribution in [2.75, 3.05) is 18.8 Å². The number of nitrogens with one attached hydrogen (secondary N) is 1. The monoisotopic (exact) mass is 346 g/mol. The molecule has 2 heterocycles. The summed E-state index contributed by atoms with van der Waals surface area (Å²) in [5.41, 5.74) is 1.27. The van der Waals surface area contributed by atoms with Gasteiger partial charge in [0.2, 0.25) is 0 Å². The quantitative estimate of drug-likeness (QED) is 0.629. The van der Waals surface area contributed by atoms with Gasteiger partial charge in [0.05, 0.1) is 6.04 Å². The first-order chi connectivity index (χ1) is 11.2. The van der Waals surface area contributed by atoms with Gasteiger partial charge in [-0.05, 0) is 43.3 Å². The Morgan fingerprint density at radius 3 is 2.91 bits per heavy atom. The molecule has 1 aliphatic rings. The third-order valence-corrected chi connectivity index (χ3v) is 6.04. The molecule has 122 valence electrons. The summed E-state index contributed by atoms with van der Waals surface area (Å²) in [7, 11) is 0. The molecule has 1 aromatic heterocycles. The summed E-state index contributed by atoms with van der Waals surface area (Å²) < 4.78 is 0. The van der Waals surface area contributed by atoms with Crippen molar-refractivity contribution in [3.8, 4) is 0 Å². The highest BCUT2D eigenvalue weighted by molar-refractivity contribution is 7.99. The summed E-state index contributed by atoms with van der Waals surface area (Å²) in [6.07, 6.45) is 2.17. The first-order valence-electron chi connectivity index (χ1n) is 8.01. The van der Waals surface area contributed by atoms with Crippen molar-refractivity contribution in [1.29, 1.82) is 0 Å². The smallest absolute Gasteiger partial charge is 0.317 e. The molecular formula is C18H22N2OS2. The zero-order chi connectivity index (χ0) is 16.1. The van der Waals surface area contributed by atoms with Gasteiger partial charge in [0, 0.05) is 28.6 Å². The fourth-order valence-corrected chi connectivity index (χ4v) is 4.49. The van der Waals surface area contributed by atoms with Crippen molar-refractivity contribution in [3.05, 3.63) is 52.2 Å². The number of benzene rings is 1. The van der Waals surface area contributed by atoms with Gasteiger partial charge in [-0.3, -0.25) is 0 Å². The fourth-order valence-electron chi connectivity index (χ4n) is 2.85. The van der Waals surface area contributed by atoms with Crippen LogP contribution in [-0.4, -0.2) is 29.8 Å². The average Bonchev–Trinajstić information content (AvgIpc) is 3.23. The maximum Gasteiger partial charge on any atom is 0.317 e. The number of thiophene rings is 1. The van der Waals surface area contributed by atoms with Crippen LogP contribution in [0.25, 0.3) is 0 Å². The minimum atomic E-state index is 0.0745. The Balaban J connectivity index is 1.45. The van der Waals surface area contributed by atoms with Crippen molar-refractivity contribution < 1.29 is 4.79 Å². The summed E-state index contributed by atoms with van der Waals surface area (Å²) in [5, 5.41) is 5.15. The molecule has 1 aromatic carbocycles. The van der Waals surface area contributed by atoms with E-state index in [1.807, 2.05) is 4.90 Å². The normalized spacial score (nSPS) is 17.4. The highest BCUT2D eigenvalue weighted by atomic mass is 32.2. The lowest BCUT2D eigenvalue weighted by molar-refractivity contribution is 0.194. The second kappa shape index (κ2) is 7.88. The van der Waals surface area contributed by atoms with Crippen LogP contribution in [0.4, 0.5) is 4.79 Å². The van der Waals surface area contributed by atoms with Crippen LogP contribution in [0, 0.1) is 6.92 Å². The predicted molar refractivity (Wildman–Crippen MR) is 98.3 cm³/mol. The Kier molecular flexibility index (Phi) is 5.62. The van der Waals surface area contributed by atoms with Gasteiger partial charge in [0.15, 0.2) is 0 Å². The van der Waals surface area contributed by atoms with Crippen LogP contribution >= 0.6 is 23.1 Å². The number of likely N-dealkylation sites (tertiary alicyclic amines) is 1. The van der Waals surface area contributed by atoms with Crippen LogP contribution in [0.15, 0.2) is 46.7 Å². The lowest BCUT2D eigenvalue weighted by Gasteiger charge is -2.24. The van der Waals surface area contributed by atoms with Gasteiger partial charge in [-0.25, -0.2) is 4.79 Å². The number of thioether (sulfide) groups is 1. The zero-order valence-corrected chi connectivity index (χ0v) is 15.0. The van der Waals surface area contributed by atoms with Gasteiger partial charge >= 0.3 is 6.03 Å². The molecule has 0 spiro atoms. The molecule has 0 bridgehead atoms. The molecule has 5 heteroatoms. The minimum absolute atomic E-state index is 0.0745. The van der Waals surface area contributed by atoms with E-state index in [4.69, 9.17) is 0 Å². The van der Waals surface area contributed by atoms with Crippen molar-refractivity contribution in [2.24, 2.45) is 0 Å². The highest BCUT2D eigenvalue weighted by Crippen LogP contribution is 2.34. The van der Waals surface area contributed by atoms with E-state index in [1.165, 1.54) is 15.3 Å². The summed E-state index contributed by atoms with van der Waals surface area (Å²) >= 11 is 3.52. The third kappa shape index (κ3) is 4.30. The number of hydrogen-bond donors (Lipinski definition) is 1. The topological polar surface area (TPSA) is 32.3 Å². The van der Waals surface area contributed by atoms with Gasteiger partial charge in [-0.15, -0.1) is 23.1 Å². The van der Waals surface area contributed by atoms with Crippen molar-refractivity contribution in [1.82, 2.24) is 10.2 Å². The van der Waals surface area contributed by atoms with Gasteiger partial charge in [0.25, 0.3) is 0 Å². The van der Waals surface area contributed by atoms with E-state index in [0.29, 0.717) is 6.54 Å². The van der Waals surface area contributed by atoms with Crippen molar-refractivity contribution in [3.63, 3.8) is 0 Å². The molecular weight excluding hydrogens is 324 g/mol. The van der Waals surface area contributed by atoms with Gasteiger partial charge in [-0.1, -0.05) is 23.8 Å². The van der Waals surface area contributed by atoms with Crippen LogP contribution < -0.4 is 5.32 Å². The number of carbonyl (C=O) groups is 1. The first-order valence-corrected chi connectivity index (χ1v) is 9.88. The molecule has 2 amide bonds. The maximum absolute atomic E-state index is 12.4. The molecule has 1 N–H and O–H groups in total. The zero-order valence-electron chi connectivity index (χ0n) is 13.3. The van der Waals surface area contributed by atoms with E-state index in [0.717, 1.165) is 25.1 Å². The predicted octanol–water partition coefficient (Wildman–Crippen LogP) is 4.70. The number of hydrogen-bond acceptors (Lipinski definition) is 3. The Morgan fingerprint density at radius 1 is 1.35 bits per heavy atom. The number of aryl methyl sites for hydroxylation is 1. The Morgan fingerprint density at radius 2 is 2.17 bits per heavy atom. The van der Waals surface area contributed by atoms with Crippen molar-refractivity contribution in [2.45, 2.75) is 30.7 Å². The molecule has 2 aromatic rings. The van der Waals surface area contributed by atoms with Crippen LogP contribution in [0.1, 0.15) is 29.3 Å². The minimum Gasteiger partial charge on any atom is -0.337 e. The standard InChI is InChI=1S/C18H22N2OS2/c1-14-6-8-15(9-7-14)22-13-10-19-18(21)20-11-2-4-16(20)17-5-3-12-23-17/h3,5-9,12,16H,2,4,10-11,13H2,1H3,(H,19,21). The summed E-state index contributed by atoms with van der Waals surface area (Å²) in [5.74, 6) is 0.895. The van der Waals surface area contributed by atoms with Gasteiger partial charge in [0.1, 0.15) is 0 Å². The number of carbonyl (C=O) groups excluding carboxylic acids is 1. The number of amides is 2. The molecule has 1 atom stereocenters. The summed E-state index contributed by atoms with van der Waals surface area (Å²) in [6, 6.07) is 13.0. The van der Waals surface area contributed by atoms with Crippen LogP contribution in [-0.2, 0) is 0 Å². The van der Waals surface area contributed by atoms with Gasteiger partial charge in [-0.2, -0.15) is 0 Å². The molecule has 1 fully saturated rings. The fraction of sp³-hybridized carbons (Fsp3) is 0.389. The number of rotatable bonds is 5. The molecule has 1 saturated heterocycles. The average molecular weight is 347 g/mol. The molecule has 1 unspecified atom stereocenters. The Labute approximate surface area is 146 Å². The number of urea groups is 1. The van der Waals surface area contributed by atoms with E-state index < -0.39 is 0 Å². The lowest BCUT2D eigenvalue weighted by Crippen LogP contribution is -2.40. The third-order valence-electron chi connectivity index (χ3n) is 4.05. The van der Waals surface area contributed by atoms with E-state index in [9.17, 15) is 4.79 Å². The van der Waals surface area contributed by atoms with E-state index in [-0.39, 0.29) is 12.1 Å². The van der Waals surface area contributed by atoms with E-state index in [2.05, 4.69) is 54.0 Å². The second-order valence-corrected chi connectivity index (χ2v) is 7.91. The van der Waals surface area contributed by atoms with E-state index in [1.54, 1.807) is 23.1 Å². The Hall–Kier alpha value is -1.46. The summed E-state index contributed by atoms with van der Waals surface area (Å²) in [4.78, 5) is 17.0.